The summed E-state index contributed by atoms with van der Waals surface area (Å²) in [5, 5.41) is 1.65. The second-order valence-electron chi connectivity index (χ2n) is 7.52. The number of halogens is 3. The molecule has 2 amide bonds. The zero-order valence-corrected chi connectivity index (χ0v) is 19.6. The molecule has 1 aliphatic heterocycles. The van der Waals surface area contributed by atoms with Crippen LogP contribution in [0.2, 0.25) is 15.1 Å². The van der Waals surface area contributed by atoms with Gasteiger partial charge in [-0.1, -0.05) is 53.0 Å². The molecule has 0 aliphatic carbocycles. The monoisotopic (exact) mass is 503 g/mol. The highest BCUT2D eigenvalue weighted by atomic mass is 35.5. The molecule has 170 valence electrons. The van der Waals surface area contributed by atoms with Crippen molar-refractivity contribution in [2.75, 3.05) is 16.9 Å². The van der Waals surface area contributed by atoms with Crippen LogP contribution in [-0.2, 0) is 16.2 Å². The first kappa shape index (κ1) is 23.2. The maximum absolute atomic E-state index is 12.7. The van der Waals surface area contributed by atoms with Gasteiger partial charge >= 0.3 is 0 Å². The fourth-order valence-corrected chi connectivity index (χ4v) is 4.06. The molecule has 0 saturated carbocycles. The number of nitrogens with zero attached hydrogens (tertiary/aromatic N) is 1. The van der Waals surface area contributed by atoms with Crippen LogP contribution < -0.4 is 20.5 Å². The van der Waals surface area contributed by atoms with Crippen molar-refractivity contribution in [2.24, 2.45) is 5.92 Å². The van der Waals surface area contributed by atoms with Crippen LogP contribution >= 0.6 is 34.8 Å². The summed E-state index contributed by atoms with van der Waals surface area (Å²) in [6.45, 7) is 0.525. The van der Waals surface area contributed by atoms with Crippen molar-refractivity contribution in [1.29, 1.82) is 0 Å². The second-order valence-corrected chi connectivity index (χ2v) is 8.80. The van der Waals surface area contributed by atoms with Crippen molar-refractivity contribution in [1.82, 2.24) is 5.43 Å². The summed E-state index contributed by atoms with van der Waals surface area (Å²) < 4.78 is 5.89. The van der Waals surface area contributed by atoms with Crippen LogP contribution in [0.1, 0.15) is 12.0 Å². The number of para-hydroxylation sites is 2. The average Bonchev–Trinajstić information content (AvgIpc) is 3.19. The molecule has 3 aromatic carbocycles. The van der Waals surface area contributed by atoms with Crippen LogP contribution in [-0.4, -0.2) is 18.4 Å². The molecule has 0 radical (unpaired) electrons. The Labute approximate surface area is 206 Å². The maximum Gasteiger partial charge on any atom is 0.243 e. The highest BCUT2D eigenvalue weighted by molar-refractivity contribution is 6.35. The number of anilines is 2. The van der Waals surface area contributed by atoms with Gasteiger partial charge in [-0.3, -0.25) is 20.4 Å². The molecule has 0 spiro atoms. The third kappa shape index (κ3) is 5.71. The van der Waals surface area contributed by atoms with Crippen molar-refractivity contribution in [3.63, 3.8) is 0 Å². The van der Waals surface area contributed by atoms with E-state index in [4.69, 9.17) is 39.5 Å². The van der Waals surface area contributed by atoms with E-state index in [9.17, 15) is 9.59 Å². The van der Waals surface area contributed by atoms with Crippen LogP contribution in [0.5, 0.6) is 5.75 Å². The SMILES string of the molecule is O=C(NNc1ccccc1OCc1ccc(Cl)cc1Cl)[C@@H]1CC(=O)N(c2ccc(Cl)cc2)C1. The van der Waals surface area contributed by atoms with Gasteiger partial charge in [0.1, 0.15) is 12.4 Å². The normalized spacial score (nSPS) is 15.4. The Bertz CT molecular complexity index is 1170. The number of amides is 2. The number of hydrogen-bond donors (Lipinski definition) is 2. The Morgan fingerprint density at radius 2 is 1.73 bits per heavy atom. The van der Waals surface area contributed by atoms with Crippen LogP contribution in [0.25, 0.3) is 0 Å². The molecular weight excluding hydrogens is 485 g/mol. The number of benzene rings is 3. The summed E-state index contributed by atoms with van der Waals surface area (Å²) >= 11 is 18.1. The molecule has 3 aromatic rings. The van der Waals surface area contributed by atoms with Gasteiger partial charge in [-0.05, 0) is 48.5 Å². The van der Waals surface area contributed by atoms with Gasteiger partial charge in [-0.2, -0.15) is 0 Å². The Morgan fingerprint density at radius 1 is 1.00 bits per heavy atom. The van der Waals surface area contributed by atoms with E-state index >= 15 is 0 Å². The van der Waals surface area contributed by atoms with Gasteiger partial charge < -0.3 is 9.64 Å². The van der Waals surface area contributed by atoms with Gasteiger partial charge in [0.15, 0.2) is 0 Å². The number of carbonyl (C=O) groups is 2. The standard InChI is InChI=1S/C24H20Cl3N3O3/c25-17-7-9-19(10-8-17)30-13-16(11-23(30)31)24(32)29-28-21-3-1-2-4-22(21)33-14-15-5-6-18(26)12-20(15)27/h1-10,12,16,28H,11,13-14H2,(H,29,32)/t16-/m1/s1. The minimum atomic E-state index is -0.485. The lowest BCUT2D eigenvalue weighted by Crippen LogP contribution is -2.36. The molecule has 1 aliphatic rings. The molecule has 1 saturated heterocycles. The van der Waals surface area contributed by atoms with Gasteiger partial charge in [-0.15, -0.1) is 0 Å². The van der Waals surface area contributed by atoms with Gasteiger partial charge in [0.2, 0.25) is 11.8 Å². The van der Waals surface area contributed by atoms with Crippen molar-refractivity contribution >= 4 is 58.0 Å². The van der Waals surface area contributed by atoms with E-state index in [1.54, 1.807) is 59.5 Å². The summed E-state index contributed by atoms with van der Waals surface area (Å²) in [5.74, 6) is -0.341. The number of hydrazine groups is 1. The molecule has 0 bridgehead atoms. The molecular formula is C24H20Cl3N3O3. The van der Waals surface area contributed by atoms with Gasteiger partial charge in [-0.25, -0.2) is 0 Å². The number of nitrogens with one attached hydrogen (secondary N) is 2. The van der Waals surface area contributed by atoms with E-state index < -0.39 is 5.92 Å². The summed E-state index contributed by atoms with van der Waals surface area (Å²) in [4.78, 5) is 26.7. The zero-order valence-electron chi connectivity index (χ0n) is 17.4. The lowest BCUT2D eigenvalue weighted by Gasteiger charge is -2.18. The van der Waals surface area contributed by atoms with Crippen LogP contribution in [0.3, 0.4) is 0 Å². The van der Waals surface area contributed by atoms with Gasteiger partial charge in [0, 0.05) is 39.3 Å². The highest BCUT2D eigenvalue weighted by Crippen LogP contribution is 2.28. The first-order valence-corrected chi connectivity index (χ1v) is 11.3. The molecule has 9 heteroatoms. The molecule has 1 fully saturated rings. The summed E-state index contributed by atoms with van der Waals surface area (Å²) in [6.07, 6.45) is 0.128. The van der Waals surface area contributed by atoms with Crippen LogP contribution in [0.15, 0.2) is 66.7 Å². The van der Waals surface area contributed by atoms with E-state index in [0.29, 0.717) is 38.7 Å². The minimum Gasteiger partial charge on any atom is -0.487 e. The number of carbonyl (C=O) groups excluding carboxylic acids is 2. The highest BCUT2D eigenvalue weighted by Gasteiger charge is 2.35. The number of rotatable bonds is 7. The maximum atomic E-state index is 12.7. The quantitative estimate of drug-likeness (QED) is 0.404. The third-order valence-corrected chi connectivity index (χ3v) is 6.08. The molecule has 6 nitrogen and oxygen atoms in total. The summed E-state index contributed by atoms with van der Waals surface area (Å²) in [5.41, 5.74) is 7.67. The van der Waals surface area contributed by atoms with E-state index in [2.05, 4.69) is 10.9 Å². The predicted molar refractivity (Wildman–Crippen MR) is 131 cm³/mol. The van der Waals surface area contributed by atoms with E-state index in [1.807, 2.05) is 12.1 Å². The Balaban J connectivity index is 1.36. The summed E-state index contributed by atoms with van der Waals surface area (Å²) in [7, 11) is 0. The van der Waals surface area contributed by atoms with Gasteiger partial charge in [0.05, 0.1) is 11.6 Å². The van der Waals surface area contributed by atoms with Crippen molar-refractivity contribution in [2.45, 2.75) is 13.0 Å². The molecule has 0 unspecified atom stereocenters. The second kappa shape index (κ2) is 10.3. The predicted octanol–water partition coefficient (Wildman–Crippen LogP) is 5.72. The topological polar surface area (TPSA) is 70.7 Å². The number of hydrogen-bond acceptors (Lipinski definition) is 4. The molecule has 1 heterocycles. The van der Waals surface area contributed by atoms with Crippen LogP contribution in [0, 0.1) is 5.92 Å². The molecule has 1 atom stereocenters. The van der Waals surface area contributed by atoms with E-state index in [-0.39, 0.29) is 24.8 Å². The molecule has 0 aromatic heterocycles. The Morgan fingerprint density at radius 3 is 2.48 bits per heavy atom. The molecule has 2 N–H and O–H groups in total. The van der Waals surface area contributed by atoms with Gasteiger partial charge in [0.25, 0.3) is 0 Å². The minimum absolute atomic E-state index is 0.110. The van der Waals surface area contributed by atoms with Crippen molar-refractivity contribution in [3.05, 3.63) is 87.4 Å². The fourth-order valence-electron chi connectivity index (χ4n) is 3.47. The first-order chi connectivity index (χ1) is 15.9. The summed E-state index contributed by atoms with van der Waals surface area (Å²) in [6, 6.07) is 19.3. The van der Waals surface area contributed by atoms with Crippen LogP contribution in [0.4, 0.5) is 11.4 Å². The Kier molecular flexibility index (Phi) is 7.28. The molecule has 4 rings (SSSR count). The Hall–Kier alpha value is -2.93. The van der Waals surface area contributed by atoms with Crippen molar-refractivity contribution < 1.29 is 14.3 Å². The third-order valence-electron chi connectivity index (χ3n) is 5.24. The first-order valence-electron chi connectivity index (χ1n) is 10.2. The van der Waals surface area contributed by atoms with E-state index in [1.165, 1.54) is 0 Å². The number of ether oxygens (including phenoxy) is 1. The van der Waals surface area contributed by atoms with Crippen molar-refractivity contribution in [3.8, 4) is 5.75 Å². The zero-order chi connectivity index (χ0) is 23.4. The smallest absolute Gasteiger partial charge is 0.243 e. The average molecular weight is 505 g/mol. The van der Waals surface area contributed by atoms with E-state index in [0.717, 1.165) is 5.56 Å². The lowest BCUT2D eigenvalue weighted by molar-refractivity contribution is -0.125. The molecule has 33 heavy (non-hydrogen) atoms. The lowest BCUT2D eigenvalue weighted by atomic mass is 10.1. The fraction of sp³-hybridized carbons (Fsp3) is 0.167. The largest absolute Gasteiger partial charge is 0.487 e.